The Morgan fingerprint density at radius 3 is 2.60 bits per heavy atom. The van der Waals surface area contributed by atoms with E-state index in [2.05, 4.69) is 5.32 Å². The molecule has 0 aromatic carbocycles. The number of halogens is 1. The molecule has 1 aliphatic heterocycles. The summed E-state index contributed by atoms with van der Waals surface area (Å²) >= 11 is 0. The van der Waals surface area contributed by atoms with Gasteiger partial charge in [0.2, 0.25) is 5.91 Å². The maximum absolute atomic E-state index is 10.6. The molecule has 0 aromatic rings. The van der Waals surface area contributed by atoms with E-state index in [1.54, 1.807) is 0 Å². The summed E-state index contributed by atoms with van der Waals surface area (Å²) in [4.78, 5) is 10.6. The van der Waals surface area contributed by atoms with Crippen LogP contribution < -0.4 is 17.7 Å². The Bertz CT molecular complexity index is 89.7. The average Bonchev–Trinajstić information content (AvgIpc) is 1.94. The van der Waals surface area contributed by atoms with Crippen molar-refractivity contribution in [2.75, 3.05) is 6.54 Å². The van der Waals surface area contributed by atoms with Gasteiger partial charge in [0.1, 0.15) is 0 Å². The van der Waals surface area contributed by atoms with Crippen LogP contribution in [0.15, 0.2) is 0 Å². The molecule has 0 bridgehead atoms. The summed E-state index contributed by atoms with van der Waals surface area (Å²) in [7, 11) is 0. The zero-order valence-electron chi connectivity index (χ0n) is 6.03. The minimum atomic E-state index is 0. The second kappa shape index (κ2) is 7.63. The largest absolute Gasteiger partial charge is 2.00 e. The van der Waals surface area contributed by atoms with Crippen molar-refractivity contribution in [1.29, 1.82) is 0 Å². The van der Waals surface area contributed by atoms with E-state index in [0.717, 1.165) is 25.8 Å². The smallest absolute Gasteiger partial charge is 1.00 e. The van der Waals surface area contributed by atoms with Crippen molar-refractivity contribution in [3.05, 3.63) is 0 Å². The van der Waals surface area contributed by atoms with E-state index in [-0.39, 0.29) is 41.4 Å². The maximum atomic E-state index is 10.6. The summed E-state index contributed by atoms with van der Waals surface area (Å²) in [5.74, 6) is 0.225. The van der Waals surface area contributed by atoms with Crippen molar-refractivity contribution in [2.24, 2.45) is 0 Å². The van der Waals surface area contributed by atoms with E-state index in [1.807, 2.05) is 0 Å². The van der Waals surface area contributed by atoms with E-state index >= 15 is 0 Å². The zero-order chi connectivity index (χ0) is 5.82. The Morgan fingerprint density at radius 2 is 1.90 bits per heavy atom. The predicted molar refractivity (Wildman–Crippen MR) is 37.2 cm³/mol. The molecule has 1 amide bonds. The molecule has 1 rings (SSSR count). The zero-order valence-corrected chi connectivity index (χ0v) is 8.20. The normalized spacial score (nSPS) is 17.4. The van der Waals surface area contributed by atoms with Gasteiger partial charge in [0.15, 0.2) is 0 Å². The van der Waals surface area contributed by atoms with Crippen LogP contribution in [-0.2, 0) is 4.79 Å². The molecule has 0 aliphatic carbocycles. The molecule has 4 heteroatoms. The van der Waals surface area contributed by atoms with Crippen molar-refractivity contribution in [3.63, 3.8) is 0 Å². The van der Waals surface area contributed by atoms with E-state index < -0.39 is 0 Å². The van der Waals surface area contributed by atoms with Crippen LogP contribution in [0, 0.1) is 0 Å². The first kappa shape index (κ1) is 13.1. The Balaban J connectivity index is 0. The van der Waals surface area contributed by atoms with Crippen LogP contribution >= 0.6 is 0 Å². The van der Waals surface area contributed by atoms with Crippen molar-refractivity contribution in [1.82, 2.24) is 5.32 Å². The van der Waals surface area contributed by atoms with Gasteiger partial charge in [-0.15, -0.1) is 0 Å². The van der Waals surface area contributed by atoms with E-state index in [4.69, 9.17) is 0 Å². The summed E-state index contributed by atoms with van der Waals surface area (Å²) in [5.41, 5.74) is 0. The van der Waals surface area contributed by atoms with Crippen molar-refractivity contribution in [3.8, 4) is 0 Å². The molecule has 0 unspecified atom stereocenters. The minimum absolute atomic E-state index is 0. The second-order valence-corrected chi connectivity index (χ2v) is 2.16. The van der Waals surface area contributed by atoms with Gasteiger partial charge in [-0.3, -0.25) is 4.79 Å². The monoisotopic (exact) mass is 172 g/mol. The third-order valence-electron chi connectivity index (χ3n) is 1.40. The van der Waals surface area contributed by atoms with Crippen LogP contribution in [0.25, 0.3) is 0 Å². The molecule has 0 saturated carbocycles. The first-order chi connectivity index (χ1) is 3.89. The molecular formula is C6H11ClMgNO+. The fourth-order valence-corrected chi connectivity index (χ4v) is 0.904. The van der Waals surface area contributed by atoms with Crippen molar-refractivity contribution < 1.29 is 17.2 Å². The first-order valence-electron chi connectivity index (χ1n) is 3.16. The Kier molecular flexibility index (Phi) is 10.0. The number of carbonyl (C=O) groups excluding carboxylic acids is 1. The van der Waals surface area contributed by atoms with Gasteiger partial charge >= 0.3 is 23.1 Å². The molecule has 2 nitrogen and oxygen atoms in total. The van der Waals surface area contributed by atoms with Crippen LogP contribution in [-0.4, -0.2) is 35.5 Å². The molecule has 1 N–H and O–H groups in total. The summed E-state index contributed by atoms with van der Waals surface area (Å²) in [5, 5.41) is 2.81. The molecule has 0 radical (unpaired) electrons. The summed E-state index contributed by atoms with van der Waals surface area (Å²) < 4.78 is 0. The predicted octanol–water partition coefficient (Wildman–Crippen LogP) is -2.70. The Hall–Kier alpha value is 0.526. The average molecular weight is 173 g/mol. The summed E-state index contributed by atoms with van der Waals surface area (Å²) in [6.07, 6.45) is 4.18. The van der Waals surface area contributed by atoms with E-state index in [1.165, 1.54) is 6.42 Å². The van der Waals surface area contributed by atoms with Crippen LogP contribution in [0.3, 0.4) is 0 Å². The minimum Gasteiger partial charge on any atom is -1.00 e. The maximum Gasteiger partial charge on any atom is 2.00 e. The molecule has 54 valence electrons. The SMILES string of the molecule is O=C1CCCCCN1.[Cl-].[Mg+2]. The second-order valence-electron chi connectivity index (χ2n) is 2.16. The molecular weight excluding hydrogens is 162 g/mol. The summed E-state index contributed by atoms with van der Waals surface area (Å²) in [6.45, 7) is 0.888. The molecule has 0 atom stereocenters. The molecule has 1 fully saturated rings. The molecule has 1 heterocycles. The van der Waals surface area contributed by atoms with Crippen LogP contribution in [0.5, 0.6) is 0 Å². The molecule has 1 saturated heterocycles. The van der Waals surface area contributed by atoms with Gasteiger partial charge in [0, 0.05) is 13.0 Å². The van der Waals surface area contributed by atoms with Crippen LogP contribution in [0.2, 0.25) is 0 Å². The number of carbonyl (C=O) groups is 1. The number of rotatable bonds is 0. The third-order valence-corrected chi connectivity index (χ3v) is 1.40. The summed E-state index contributed by atoms with van der Waals surface area (Å²) in [6, 6.07) is 0. The van der Waals surface area contributed by atoms with E-state index in [9.17, 15) is 4.79 Å². The fourth-order valence-electron chi connectivity index (χ4n) is 0.904. The van der Waals surface area contributed by atoms with Crippen LogP contribution in [0.4, 0.5) is 0 Å². The Morgan fingerprint density at radius 1 is 1.20 bits per heavy atom. The topological polar surface area (TPSA) is 29.1 Å². The molecule has 1 aliphatic rings. The number of hydrogen-bond acceptors (Lipinski definition) is 1. The third kappa shape index (κ3) is 5.32. The van der Waals surface area contributed by atoms with Crippen molar-refractivity contribution in [2.45, 2.75) is 25.7 Å². The Labute approximate surface area is 83.7 Å². The quantitative estimate of drug-likeness (QED) is 0.397. The van der Waals surface area contributed by atoms with Gasteiger partial charge in [-0.1, -0.05) is 6.42 Å². The van der Waals surface area contributed by atoms with Gasteiger partial charge in [-0.05, 0) is 12.8 Å². The molecule has 0 aromatic heterocycles. The van der Waals surface area contributed by atoms with Gasteiger partial charge in [0.05, 0.1) is 0 Å². The fraction of sp³-hybridized carbons (Fsp3) is 0.833. The van der Waals surface area contributed by atoms with Crippen LogP contribution in [0.1, 0.15) is 25.7 Å². The molecule has 0 spiro atoms. The van der Waals surface area contributed by atoms with Gasteiger partial charge < -0.3 is 17.7 Å². The van der Waals surface area contributed by atoms with Gasteiger partial charge in [-0.25, -0.2) is 0 Å². The standard InChI is InChI=1S/C6H11NO.ClH.Mg/c8-6-4-2-1-3-5-7-6;;/h1-5H2,(H,7,8);1H;/q;;+2/p-1. The number of nitrogens with one attached hydrogen (secondary N) is 1. The number of amides is 1. The van der Waals surface area contributed by atoms with Gasteiger partial charge in [0.25, 0.3) is 0 Å². The molecule has 10 heavy (non-hydrogen) atoms. The first-order valence-corrected chi connectivity index (χ1v) is 3.16. The van der Waals surface area contributed by atoms with E-state index in [0.29, 0.717) is 0 Å². The van der Waals surface area contributed by atoms with Crippen molar-refractivity contribution >= 4 is 29.0 Å². The van der Waals surface area contributed by atoms with Gasteiger partial charge in [-0.2, -0.15) is 0 Å². The number of hydrogen-bond donors (Lipinski definition) is 1.